The second kappa shape index (κ2) is 8.21. The summed E-state index contributed by atoms with van der Waals surface area (Å²) in [5, 5.41) is 14.2. The van der Waals surface area contributed by atoms with Crippen LogP contribution in [-0.2, 0) is 4.74 Å². The number of carbonyl (C=O) groups excluding carboxylic acids is 1. The maximum atomic E-state index is 12.5. The van der Waals surface area contributed by atoms with Crippen molar-refractivity contribution < 1.29 is 14.5 Å². The number of carbonyl (C=O) groups is 1. The molecule has 1 aromatic rings. The Morgan fingerprint density at radius 2 is 2.14 bits per heavy atom. The van der Waals surface area contributed by atoms with Gasteiger partial charge in [0, 0.05) is 38.5 Å². The molecule has 0 spiro atoms. The molecule has 0 saturated carbocycles. The van der Waals surface area contributed by atoms with E-state index in [2.05, 4.69) is 5.32 Å². The molecular formula is C14H21N3O4. The molecular weight excluding hydrogens is 274 g/mol. The summed E-state index contributed by atoms with van der Waals surface area (Å²) in [5.74, 6) is -0.360. The van der Waals surface area contributed by atoms with Crippen LogP contribution < -0.4 is 5.32 Å². The van der Waals surface area contributed by atoms with E-state index >= 15 is 0 Å². The second-order valence-corrected chi connectivity index (χ2v) is 4.40. The molecule has 1 aromatic carbocycles. The number of hydrogen-bond donors (Lipinski definition) is 1. The zero-order valence-electron chi connectivity index (χ0n) is 12.6. The monoisotopic (exact) mass is 295 g/mol. The second-order valence-electron chi connectivity index (χ2n) is 4.40. The van der Waals surface area contributed by atoms with Gasteiger partial charge in [0.2, 0.25) is 0 Å². The van der Waals surface area contributed by atoms with Gasteiger partial charge in [-0.05, 0) is 26.0 Å². The zero-order chi connectivity index (χ0) is 15.8. The van der Waals surface area contributed by atoms with E-state index in [1.54, 1.807) is 13.2 Å². The van der Waals surface area contributed by atoms with Gasteiger partial charge < -0.3 is 15.0 Å². The number of rotatable bonds is 8. The van der Waals surface area contributed by atoms with Crippen molar-refractivity contribution in [1.82, 2.24) is 4.90 Å². The summed E-state index contributed by atoms with van der Waals surface area (Å²) in [6.07, 6.45) is 0. The van der Waals surface area contributed by atoms with Crippen LogP contribution in [-0.4, -0.2) is 49.1 Å². The Labute approximate surface area is 124 Å². The lowest BCUT2D eigenvalue weighted by molar-refractivity contribution is -0.385. The standard InChI is InChI=1S/C14H21N3O4/c1-4-15-11-6-7-13(17(19)20)12(10-11)14(18)16(5-2)8-9-21-3/h6-7,10,15H,4-5,8-9H2,1-3H3. The number of nitro benzene ring substituents is 1. The fourth-order valence-electron chi connectivity index (χ4n) is 1.96. The van der Waals surface area contributed by atoms with Crippen LogP contribution in [0.2, 0.25) is 0 Å². The number of amides is 1. The number of benzene rings is 1. The van der Waals surface area contributed by atoms with Gasteiger partial charge >= 0.3 is 0 Å². The molecule has 0 bridgehead atoms. The molecule has 1 amide bonds. The average molecular weight is 295 g/mol. The summed E-state index contributed by atoms with van der Waals surface area (Å²) < 4.78 is 4.96. The highest BCUT2D eigenvalue weighted by molar-refractivity contribution is 5.99. The van der Waals surface area contributed by atoms with Crippen molar-refractivity contribution in [2.24, 2.45) is 0 Å². The van der Waals surface area contributed by atoms with Gasteiger partial charge in [-0.25, -0.2) is 0 Å². The fourth-order valence-corrected chi connectivity index (χ4v) is 1.96. The van der Waals surface area contributed by atoms with Crippen molar-refractivity contribution in [3.63, 3.8) is 0 Å². The Balaban J connectivity index is 3.13. The highest BCUT2D eigenvalue weighted by Gasteiger charge is 2.24. The van der Waals surface area contributed by atoms with Crippen molar-refractivity contribution in [1.29, 1.82) is 0 Å². The smallest absolute Gasteiger partial charge is 0.282 e. The first-order valence-electron chi connectivity index (χ1n) is 6.85. The van der Waals surface area contributed by atoms with Crippen LogP contribution in [0.3, 0.4) is 0 Å². The van der Waals surface area contributed by atoms with Gasteiger partial charge in [-0.1, -0.05) is 0 Å². The average Bonchev–Trinajstić information content (AvgIpc) is 2.47. The topological polar surface area (TPSA) is 84.7 Å². The van der Waals surface area contributed by atoms with E-state index in [1.807, 2.05) is 13.8 Å². The largest absolute Gasteiger partial charge is 0.385 e. The minimum absolute atomic E-state index is 0.0939. The van der Waals surface area contributed by atoms with E-state index in [0.29, 0.717) is 31.9 Å². The first-order chi connectivity index (χ1) is 10.0. The molecule has 7 heteroatoms. The third-order valence-corrected chi connectivity index (χ3v) is 3.04. The first-order valence-corrected chi connectivity index (χ1v) is 6.85. The molecule has 0 heterocycles. The predicted molar refractivity (Wildman–Crippen MR) is 80.7 cm³/mol. The Kier molecular flexibility index (Phi) is 6.61. The summed E-state index contributed by atoms with van der Waals surface area (Å²) in [4.78, 5) is 24.6. The number of nitro groups is 1. The van der Waals surface area contributed by atoms with Crippen LogP contribution in [0.1, 0.15) is 24.2 Å². The van der Waals surface area contributed by atoms with Crippen molar-refractivity contribution in [2.75, 3.05) is 38.7 Å². The maximum absolute atomic E-state index is 12.5. The van der Waals surface area contributed by atoms with Gasteiger partial charge in [0.05, 0.1) is 11.5 Å². The molecule has 0 aliphatic rings. The quantitative estimate of drug-likeness (QED) is 0.586. The molecule has 0 unspecified atom stereocenters. The van der Waals surface area contributed by atoms with Gasteiger partial charge in [-0.3, -0.25) is 14.9 Å². The SMILES string of the molecule is CCNc1ccc([N+](=O)[O-])c(C(=O)N(CC)CCOC)c1. The number of ether oxygens (including phenoxy) is 1. The van der Waals surface area contributed by atoms with Gasteiger partial charge in [-0.2, -0.15) is 0 Å². The molecule has 0 saturated heterocycles. The molecule has 0 aromatic heterocycles. The maximum Gasteiger partial charge on any atom is 0.282 e. The Morgan fingerprint density at radius 1 is 1.43 bits per heavy atom. The number of nitrogens with one attached hydrogen (secondary N) is 1. The number of methoxy groups -OCH3 is 1. The zero-order valence-corrected chi connectivity index (χ0v) is 12.6. The van der Waals surface area contributed by atoms with Crippen molar-refractivity contribution in [2.45, 2.75) is 13.8 Å². The summed E-state index contributed by atoms with van der Waals surface area (Å²) >= 11 is 0. The molecule has 0 fully saturated rings. The lowest BCUT2D eigenvalue weighted by Crippen LogP contribution is -2.34. The van der Waals surface area contributed by atoms with Crippen LogP contribution in [0, 0.1) is 10.1 Å². The number of hydrogen-bond acceptors (Lipinski definition) is 5. The normalized spacial score (nSPS) is 10.2. The Morgan fingerprint density at radius 3 is 2.67 bits per heavy atom. The van der Waals surface area contributed by atoms with Gasteiger partial charge in [0.25, 0.3) is 11.6 Å². The van der Waals surface area contributed by atoms with E-state index in [9.17, 15) is 14.9 Å². The third kappa shape index (κ3) is 4.42. The molecule has 0 radical (unpaired) electrons. The van der Waals surface area contributed by atoms with E-state index in [-0.39, 0.29) is 17.2 Å². The lowest BCUT2D eigenvalue weighted by Gasteiger charge is -2.20. The molecule has 116 valence electrons. The molecule has 21 heavy (non-hydrogen) atoms. The molecule has 0 aliphatic heterocycles. The van der Waals surface area contributed by atoms with Crippen LogP contribution in [0.15, 0.2) is 18.2 Å². The molecule has 0 aliphatic carbocycles. The molecule has 1 rings (SSSR count). The summed E-state index contributed by atoms with van der Waals surface area (Å²) in [6, 6.07) is 4.48. The summed E-state index contributed by atoms with van der Waals surface area (Å²) in [5.41, 5.74) is 0.600. The Bertz CT molecular complexity index is 505. The minimum Gasteiger partial charge on any atom is -0.385 e. The number of likely N-dealkylation sites (N-methyl/N-ethyl adjacent to an activating group) is 1. The minimum atomic E-state index is -0.535. The summed E-state index contributed by atoms with van der Waals surface area (Å²) in [6.45, 7) is 5.67. The Hall–Kier alpha value is -2.15. The van der Waals surface area contributed by atoms with Crippen molar-refractivity contribution in [3.05, 3.63) is 33.9 Å². The first kappa shape index (κ1) is 16.9. The number of anilines is 1. The number of nitrogens with zero attached hydrogens (tertiary/aromatic N) is 2. The predicted octanol–water partition coefficient (Wildman–Crippen LogP) is 2.14. The van der Waals surface area contributed by atoms with E-state index in [0.717, 1.165) is 0 Å². The lowest BCUT2D eigenvalue weighted by atomic mass is 10.1. The van der Waals surface area contributed by atoms with Crippen molar-refractivity contribution >= 4 is 17.3 Å². The van der Waals surface area contributed by atoms with E-state index in [4.69, 9.17) is 4.74 Å². The van der Waals surface area contributed by atoms with E-state index in [1.165, 1.54) is 17.0 Å². The van der Waals surface area contributed by atoms with Crippen LogP contribution in [0.5, 0.6) is 0 Å². The van der Waals surface area contributed by atoms with Crippen molar-refractivity contribution in [3.8, 4) is 0 Å². The fraction of sp³-hybridized carbons (Fsp3) is 0.500. The molecule has 1 N–H and O–H groups in total. The van der Waals surface area contributed by atoms with Crippen LogP contribution in [0.25, 0.3) is 0 Å². The third-order valence-electron chi connectivity index (χ3n) is 3.04. The highest BCUT2D eigenvalue weighted by atomic mass is 16.6. The molecule has 7 nitrogen and oxygen atoms in total. The van der Waals surface area contributed by atoms with Gasteiger partial charge in [0.1, 0.15) is 5.56 Å². The highest BCUT2D eigenvalue weighted by Crippen LogP contribution is 2.24. The van der Waals surface area contributed by atoms with Crippen LogP contribution in [0.4, 0.5) is 11.4 Å². The van der Waals surface area contributed by atoms with Gasteiger partial charge in [0.15, 0.2) is 0 Å². The van der Waals surface area contributed by atoms with Crippen LogP contribution >= 0.6 is 0 Å². The molecule has 0 atom stereocenters. The van der Waals surface area contributed by atoms with Gasteiger partial charge in [-0.15, -0.1) is 0 Å². The van der Waals surface area contributed by atoms with E-state index < -0.39 is 4.92 Å². The summed E-state index contributed by atoms with van der Waals surface area (Å²) in [7, 11) is 1.55.